The zero-order chi connectivity index (χ0) is 35.2. The molecule has 3 rings (SSSR count). The Labute approximate surface area is 275 Å². The number of nitrogens with zero attached hydrogens (tertiary/aromatic N) is 1. The number of nitrogens with one attached hydrogen (secondary N) is 1. The second kappa shape index (κ2) is 23.3. The van der Waals surface area contributed by atoms with E-state index in [0.29, 0.717) is 17.8 Å². The minimum atomic E-state index is -1.16. The summed E-state index contributed by atoms with van der Waals surface area (Å²) in [6.45, 7) is 19.7. The van der Waals surface area contributed by atoms with Crippen LogP contribution >= 0.6 is 0 Å². The van der Waals surface area contributed by atoms with Crippen LogP contribution in [0, 0.1) is 12.7 Å². The highest BCUT2D eigenvalue weighted by atomic mass is 19.1. The summed E-state index contributed by atoms with van der Waals surface area (Å²) in [5.41, 5.74) is 4.17. The number of rotatable bonds is 12. The fraction of sp³-hybridized carbons (Fsp3) is 0.421. The van der Waals surface area contributed by atoms with Crippen molar-refractivity contribution >= 4 is 17.6 Å². The van der Waals surface area contributed by atoms with Crippen LogP contribution in [0.25, 0.3) is 11.3 Å². The molecule has 0 fully saturated rings. The maximum absolute atomic E-state index is 13.7. The van der Waals surface area contributed by atoms with Crippen molar-refractivity contribution in [1.29, 1.82) is 0 Å². The van der Waals surface area contributed by atoms with Gasteiger partial charge in [0.25, 0.3) is 5.91 Å². The lowest BCUT2D eigenvalue weighted by Gasteiger charge is -2.20. The second-order valence-electron chi connectivity index (χ2n) is 10.7. The van der Waals surface area contributed by atoms with Crippen LogP contribution in [-0.2, 0) is 11.3 Å². The second-order valence-corrected chi connectivity index (χ2v) is 10.7. The van der Waals surface area contributed by atoms with Crippen molar-refractivity contribution in [1.82, 2.24) is 4.57 Å². The number of carbonyl (C=O) groups is 2. The Morgan fingerprint density at radius 2 is 1.52 bits per heavy atom. The summed E-state index contributed by atoms with van der Waals surface area (Å²) in [6, 6.07) is 15.2. The number of carboxylic acid groups (broad SMARTS) is 1. The lowest BCUT2D eigenvalue weighted by molar-refractivity contribution is -0.139. The van der Waals surface area contributed by atoms with Crippen molar-refractivity contribution in [3.63, 3.8) is 0 Å². The third-order valence-corrected chi connectivity index (χ3v) is 6.73. The number of carbonyl (C=O) groups excluding carboxylic acids is 1. The van der Waals surface area contributed by atoms with Gasteiger partial charge < -0.3 is 25.2 Å². The number of carboxylic acids is 1. The molecule has 4 N–H and O–H groups in total. The Bertz CT molecular complexity index is 1330. The van der Waals surface area contributed by atoms with Gasteiger partial charge in [0.05, 0.1) is 29.9 Å². The maximum atomic E-state index is 13.7. The van der Waals surface area contributed by atoms with Crippen LogP contribution in [0.5, 0.6) is 0 Å². The summed E-state index contributed by atoms with van der Waals surface area (Å²) in [5, 5.41) is 32.2. The average Bonchev–Trinajstić information content (AvgIpc) is 3.33. The summed E-state index contributed by atoms with van der Waals surface area (Å²) in [7, 11) is 0. The predicted molar refractivity (Wildman–Crippen MR) is 189 cm³/mol. The van der Waals surface area contributed by atoms with Crippen LogP contribution in [0.2, 0.25) is 0 Å². The van der Waals surface area contributed by atoms with Crippen molar-refractivity contribution in [3.05, 3.63) is 102 Å². The highest BCUT2D eigenvalue weighted by Gasteiger charge is 2.28. The molecule has 0 aliphatic heterocycles. The largest absolute Gasteiger partial charge is 0.481 e. The van der Waals surface area contributed by atoms with E-state index in [1.165, 1.54) is 12.1 Å². The fourth-order valence-electron chi connectivity index (χ4n) is 4.58. The summed E-state index contributed by atoms with van der Waals surface area (Å²) >= 11 is 0. The quantitative estimate of drug-likeness (QED) is 0.148. The Hall–Kier alpha value is -4.01. The number of aliphatic carboxylic acids is 1. The number of halogens is 1. The van der Waals surface area contributed by atoms with Gasteiger partial charge in [-0.1, -0.05) is 71.0 Å². The molecule has 1 heterocycles. The molecule has 0 aliphatic rings. The smallest absolute Gasteiger partial charge is 0.305 e. The topological polar surface area (TPSA) is 112 Å². The van der Waals surface area contributed by atoms with E-state index in [4.69, 9.17) is 5.11 Å². The third-order valence-electron chi connectivity index (χ3n) is 6.73. The number of allylic oxidation sites excluding steroid dienone is 3. The molecule has 7 nitrogen and oxygen atoms in total. The number of aliphatic hydroxyl groups is 2. The Kier molecular flexibility index (Phi) is 21.3. The van der Waals surface area contributed by atoms with Gasteiger partial charge in [-0.05, 0) is 93.5 Å². The first-order valence-electron chi connectivity index (χ1n) is 16.0. The molecule has 1 aromatic heterocycles. The van der Waals surface area contributed by atoms with Crippen LogP contribution in [-0.4, -0.2) is 44.0 Å². The summed E-state index contributed by atoms with van der Waals surface area (Å²) < 4.78 is 15.7. The molecular formula is C38H55FN2O5. The van der Waals surface area contributed by atoms with Gasteiger partial charge in [-0.25, -0.2) is 4.39 Å². The highest BCUT2D eigenvalue weighted by Crippen LogP contribution is 2.36. The van der Waals surface area contributed by atoms with Crippen molar-refractivity contribution in [3.8, 4) is 11.3 Å². The van der Waals surface area contributed by atoms with Crippen LogP contribution in [0.1, 0.15) is 102 Å². The predicted octanol–water partition coefficient (Wildman–Crippen LogP) is 9.15. The van der Waals surface area contributed by atoms with E-state index in [2.05, 4.69) is 18.8 Å². The van der Waals surface area contributed by atoms with Gasteiger partial charge in [0.15, 0.2) is 0 Å². The molecule has 46 heavy (non-hydrogen) atoms. The number of hydrogen-bond acceptors (Lipinski definition) is 4. The highest BCUT2D eigenvalue weighted by molar-refractivity contribution is 6.07. The summed E-state index contributed by atoms with van der Waals surface area (Å²) in [6.07, 6.45) is 4.58. The third kappa shape index (κ3) is 14.4. The van der Waals surface area contributed by atoms with Gasteiger partial charge in [-0.15, -0.1) is 6.58 Å². The van der Waals surface area contributed by atoms with E-state index >= 15 is 0 Å². The van der Waals surface area contributed by atoms with Crippen molar-refractivity contribution in [2.24, 2.45) is 0 Å². The molecule has 0 saturated carbocycles. The van der Waals surface area contributed by atoms with Gasteiger partial charge in [0, 0.05) is 17.9 Å². The van der Waals surface area contributed by atoms with E-state index < -0.39 is 24.6 Å². The average molecular weight is 639 g/mol. The first-order chi connectivity index (χ1) is 21.9. The van der Waals surface area contributed by atoms with Gasteiger partial charge >= 0.3 is 5.97 Å². The van der Waals surface area contributed by atoms with Crippen molar-refractivity contribution in [2.75, 3.05) is 5.32 Å². The number of para-hydroxylation sites is 1. The van der Waals surface area contributed by atoms with Crippen LogP contribution in [0.4, 0.5) is 10.1 Å². The minimum Gasteiger partial charge on any atom is -0.481 e. The molecule has 0 aliphatic carbocycles. The van der Waals surface area contributed by atoms with Crippen LogP contribution in [0.3, 0.4) is 0 Å². The number of benzene rings is 2. The van der Waals surface area contributed by atoms with Crippen molar-refractivity contribution in [2.45, 2.75) is 106 Å². The normalized spacial score (nSPS) is 11.7. The van der Waals surface area contributed by atoms with Gasteiger partial charge in [0.1, 0.15) is 5.82 Å². The molecule has 0 saturated heterocycles. The van der Waals surface area contributed by atoms with Gasteiger partial charge in [-0.3, -0.25) is 9.59 Å². The molecule has 3 aromatic rings. The lowest BCUT2D eigenvalue weighted by atomic mass is 10.0. The number of amides is 1. The number of hydrogen-bond donors (Lipinski definition) is 4. The minimum absolute atomic E-state index is 0.0517. The SMILES string of the molecule is C/C=C\C.C=CCC.CC.Cc1c(C(=O)Nc2ccccc2)c(C(C)C)n(CCC(O)CC(O)CC(=O)O)c1-c1ccc(F)cc1. The van der Waals surface area contributed by atoms with E-state index in [0.717, 1.165) is 28.9 Å². The molecule has 254 valence electrons. The van der Waals surface area contributed by atoms with E-state index in [1.807, 2.05) is 89.5 Å². The van der Waals surface area contributed by atoms with Crippen LogP contribution < -0.4 is 5.32 Å². The van der Waals surface area contributed by atoms with Gasteiger partial charge in [0.2, 0.25) is 0 Å². The van der Waals surface area contributed by atoms with Crippen LogP contribution in [0.15, 0.2) is 79.4 Å². The number of aliphatic hydroxyl groups excluding tert-OH is 2. The fourth-order valence-corrected chi connectivity index (χ4v) is 4.58. The zero-order valence-electron chi connectivity index (χ0n) is 28.9. The molecular weight excluding hydrogens is 583 g/mol. The summed E-state index contributed by atoms with van der Waals surface area (Å²) in [4.78, 5) is 24.3. The molecule has 0 bridgehead atoms. The summed E-state index contributed by atoms with van der Waals surface area (Å²) in [5.74, 6) is -1.82. The standard InChI is InChI=1S/C28H33FN2O5.2C4H8.C2H6/c1-17(2)26-25(28(36)30-21-7-5-4-6-8-21)18(3)27(19-9-11-20(29)12-10-19)31(26)14-13-22(32)15-23(33)16-24(34)35;2*1-3-4-2;1-2/h4-12,17,22-23,32-33H,13-16H2,1-3H3,(H,30,36)(H,34,35);3-4H,1-2H3;3H,1,4H2,2H3;1-2H3/b;4-3-;;. The number of anilines is 1. The van der Waals surface area contributed by atoms with Gasteiger partial charge in [-0.2, -0.15) is 0 Å². The molecule has 8 heteroatoms. The Morgan fingerprint density at radius 3 is 1.98 bits per heavy atom. The number of aromatic nitrogens is 1. The van der Waals surface area contributed by atoms with E-state index in [1.54, 1.807) is 24.3 Å². The van der Waals surface area contributed by atoms with E-state index in [-0.39, 0.29) is 30.5 Å². The van der Waals surface area contributed by atoms with Crippen molar-refractivity contribution < 1.29 is 29.3 Å². The molecule has 2 aromatic carbocycles. The zero-order valence-corrected chi connectivity index (χ0v) is 28.9. The molecule has 2 unspecified atom stereocenters. The first kappa shape index (κ1) is 42.0. The Morgan fingerprint density at radius 1 is 0.978 bits per heavy atom. The Balaban J connectivity index is 0.00000178. The van der Waals surface area contributed by atoms with E-state index in [9.17, 15) is 24.2 Å². The molecule has 1 amide bonds. The molecule has 0 radical (unpaired) electrons. The monoisotopic (exact) mass is 638 g/mol. The molecule has 0 spiro atoms. The maximum Gasteiger partial charge on any atom is 0.305 e. The molecule has 2 atom stereocenters. The first-order valence-corrected chi connectivity index (χ1v) is 16.0. The lowest BCUT2D eigenvalue weighted by Crippen LogP contribution is -2.22.